The second-order valence-corrected chi connectivity index (χ2v) is 6.08. The van der Waals surface area contributed by atoms with E-state index in [0.717, 1.165) is 11.5 Å². The second kappa shape index (κ2) is 7.46. The highest BCUT2D eigenvalue weighted by Crippen LogP contribution is 2.25. The van der Waals surface area contributed by atoms with Crippen LogP contribution in [0.2, 0.25) is 0 Å². The Bertz CT molecular complexity index is 686. The summed E-state index contributed by atoms with van der Waals surface area (Å²) in [7, 11) is -4.60. The van der Waals surface area contributed by atoms with Crippen molar-refractivity contribution in [3.63, 3.8) is 0 Å². The van der Waals surface area contributed by atoms with E-state index in [0.29, 0.717) is 31.8 Å². The number of aromatic nitrogens is 1. The maximum absolute atomic E-state index is 11.4. The molecule has 2 aliphatic heterocycles. The average Bonchev–Trinajstić information content (AvgIpc) is 3.09. The van der Waals surface area contributed by atoms with Gasteiger partial charge in [0.05, 0.1) is 12.2 Å². The third-order valence-electron chi connectivity index (χ3n) is 3.27. The molecule has 2 fully saturated rings. The van der Waals surface area contributed by atoms with Crippen molar-refractivity contribution in [1.29, 1.82) is 0 Å². The van der Waals surface area contributed by atoms with Crippen molar-refractivity contribution >= 4 is 22.4 Å². The summed E-state index contributed by atoms with van der Waals surface area (Å²) in [5, 5.41) is 4.21. The fourth-order valence-electron chi connectivity index (χ4n) is 2.30. The minimum atomic E-state index is -4.60. The maximum atomic E-state index is 11.4. The average molecular weight is 362 g/mol. The quantitative estimate of drug-likeness (QED) is 0.346. The van der Waals surface area contributed by atoms with E-state index in [9.17, 15) is 13.2 Å². The molecule has 2 aliphatic rings. The summed E-state index contributed by atoms with van der Waals surface area (Å²) in [6.45, 7) is 1.43. The number of carbonyl (C=O) groups is 1. The summed E-state index contributed by atoms with van der Waals surface area (Å²) in [6, 6.07) is 0.940. The van der Waals surface area contributed by atoms with Gasteiger partial charge < -0.3 is 20.9 Å². The molecule has 2 saturated heterocycles. The first-order valence-corrected chi connectivity index (χ1v) is 8.33. The lowest BCUT2D eigenvalue weighted by atomic mass is 10.1. The number of hydrogen-bond acceptors (Lipinski definition) is 7. The molecular formula is C11H18N6O6S. The van der Waals surface area contributed by atoms with Crippen LogP contribution < -0.4 is 11.5 Å². The number of carbonyl (C=O) groups excluding carboxylic acids is 1. The summed E-state index contributed by atoms with van der Waals surface area (Å²) in [5.74, 6) is 0.699. The molecule has 1 atom stereocenters. The van der Waals surface area contributed by atoms with E-state index in [1.165, 1.54) is 11.1 Å². The van der Waals surface area contributed by atoms with Crippen molar-refractivity contribution in [2.75, 3.05) is 13.1 Å². The standard InChI is InChI=1S/C6H10N2O5S.C5H8N4O/c9-6-7-3-1-2-5(4-7)8(6)13-14(10,11)12;6-5(7)8-3-4-1-2-9-10-4/h5H,1-4H2,(H,10,11,12);1-2H,3H2,(H4,6,7,8). The van der Waals surface area contributed by atoms with Gasteiger partial charge in [-0.05, 0) is 12.8 Å². The molecule has 0 spiro atoms. The van der Waals surface area contributed by atoms with Crippen molar-refractivity contribution in [3.8, 4) is 0 Å². The minimum Gasteiger partial charge on any atom is -0.370 e. The van der Waals surface area contributed by atoms with Crippen molar-refractivity contribution < 1.29 is 26.6 Å². The summed E-state index contributed by atoms with van der Waals surface area (Å²) in [5.41, 5.74) is 10.1. The first-order chi connectivity index (χ1) is 11.3. The molecule has 0 aliphatic carbocycles. The van der Waals surface area contributed by atoms with E-state index in [4.69, 9.17) is 20.5 Å². The summed E-state index contributed by atoms with van der Waals surface area (Å²) in [6.07, 6.45) is 3.05. The predicted molar refractivity (Wildman–Crippen MR) is 80.5 cm³/mol. The third kappa shape index (κ3) is 5.07. The number of nitrogens with two attached hydrogens (primary N) is 2. The van der Waals surface area contributed by atoms with Crippen LogP contribution in [-0.2, 0) is 21.2 Å². The number of aliphatic imine (C=N–C) groups is 1. The van der Waals surface area contributed by atoms with Crippen LogP contribution in [-0.4, -0.2) is 59.2 Å². The lowest BCUT2D eigenvalue weighted by Gasteiger charge is -2.20. The first kappa shape index (κ1) is 18.0. The Morgan fingerprint density at radius 2 is 2.29 bits per heavy atom. The minimum absolute atomic E-state index is 0.0522. The molecule has 1 aromatic heterocycles. The smallest absolute Gasteiger partial charge is 0.370 e. The van der Waals surface area contributed by atoms with Crippen molar-refractivity contribution in [1.82, 2.24) is 15.1 Å². The highest BCUT2D eigenvalue weighted by Gasteiger charge is 2.42. The molecule has 134 valence electrons. The highest BCUT2D eigenvalue weighted by atomic mass is 32.3. The highest BCUT2D eigenvalue weighted by molar-refractivity contribution is 7.80. The first-order valence-electron chi connectivity index (χ1n) is 6.96. The number of fused-ring (bicyclic) bond motifs is 2. The van der Waals surface area contributed by atoms with Gasteiger partial charge in [0.2, 0.25) is 0 Å². The maximum Gasteiger partial charge on any atom is 0.418 e. The summed E-state index contributed by atoms with van der Waals surface area (Å²) >= 11 is 0. The number of nitrogens with zero attached hydrogens (tertiary/aromatic N) is 4. The monoisotopic (exact) mass is 362 g/mol. The van der Waals surface area contributed by atoms with Crippen LogP contribution >= 0.6 is 0 Å². The topological polar surface area (TPSA) is 178 Å². The third-order valence-corrected chi connectivity index (χ3v) is 3.62. The molecule has 1 unspecified atom stereocenters. The van der Waals surface area contributed by atoms with Crippen LogP contribution in [0.15, 0.2) is 21.8 Å². The van der Waals surface area contributed by atoms with Gasteiger partial charge >= 0.3 is 16.4 Å². The molecule has 1 aromatic rings. The zero-order chi connectivity index (χ0) is 17.7. The van der Waals surface area contributed by atoms with Gasteiger partial charge in [-0.1, -0.05) is 5.16 Å². The van der Waals surface area contributed by atoms with Gasteiger partial charge in [-0.25, -0.2) is 9.79 Å². The normalized spacial score (nSPS) is 19.7. The number of hydrogen-bond donors (Lipinski definition) is 3. The molecule has 12 nitrogen and oxygen atoms in total. The number of urea groups is 1. The fraction of sp³-hybridized carbons (Fsp3) is 0.545. The predicted octanol–water partition coefficient (Wildman–Crippen LogP) is -0.931. The molecule has 24 heavy (non-hydrogen) atoms. The Labute approximate surface area is 137 Å². The zero-order valence-electron chi connectivity index (χ0n) is 12.6. The Morgan fingerprint density at radius 1 is 1.54 bits per heavy atom. The number of hydroxylamine groups is 2. The van der Waals surface area contributed by atoms with Crippen molar-refractivity contribution in [2.45, 2.75) is 25.4 Å². The van der Waals surface area contributed by atoms with E-state index < -0.39 is 16.4 Å². The Kier molecular flexibility index (Phi) is 5.58. The van der Waals surface area contributed by atoms with Gasteiger partial charge in [-0.3, -0.25) is 4.55 Å². The largest absolute Gasteiger partial charge is 0.418 e. The number of guanidine groups is 1. The van der Waals surface area contributed by atoms with Gasteiger partial charge in [-0.15, -0.1) is 4.28 Å². The lowest BCUT2D eigenvalue weighted by molar-refractivity contribution is -0.0316. The molecule has 3 heterocycles. The number of rotatable bonds is 4. The Balaban J connectivity index is 0.000000185. The molecule has 13 heteroatoms. The van der Waals surface area contributed by atoms with Gasteiger partial charge in [0.25, 0.3) is 0 Å². The molecule has 3 rings (SSSR count). The summed E-state index contributed by atoms with van der Waals surface area (Å²) < 4.78 is 38.2. The Morgan fingerprint density at radius 3 is 2.83 bits per heavy atom. The molecule has 0 aromatic carbocycles. The van der Waals surface area contributed by atoms with Crippen LogP contribution in [0.5, 0.6) is 0 Å². The van der Waals surface area contributed by atoms with Crippen LogP contribution in [0.1, 0.15) is 18.6 Å². The van der Waals surface area contributed by atoms with Crippen LogP contribution in [0.3, 0.4) is 0 Å². The molecular weight excluding hydrogens is 344 g/mol. The molecule has 5 N–H and O–H groups in total. The van der Waals surface area contributed by atoms with Crippen molar-refractivity contribution in [3.05, 3.63) is 18.0 Å². The molecule has 0 radical (unpaired) electrons. The van der Waals surface area contributed by atoms with E-state index in [1.807, 2.05) is 0 Å². The lowest BCUT2D eigenvalue weighted by Crippen LogP contribution is -2.35. The fourth-order valence-corrected chi connectivity index (χ4v) is 2.69. The van der Waals surface area contributed by atoms with E-state index in [1.54, 1.807) is 6.07 Å². The molecule has 0 saturated carbocycles. The van der Waals surface area contributed by atoms with Gasteiger partial charge in [0.15, 0.2) is 11.7 Å². The summed E-state index contributed by atoms with van der Waals surface area (Å²) in [4.78, 5) is 16.6. The zero-order valence-corrected chi connectivity index (χ0v) is 13.4. The van der Waals surface area contributed by atoms with Gasteiger partial charge in [-0.2, -0.15) is 13.5 Å². The SMILES string of the molecule is NC(N)=NCc1ccno1.O=C1N2CCCC(C2)N1OS(=O)(=O)O. The van der Waals surface area contributed by atoms with Gasteiger partial charge in [0, 0.05) is 19.2 Å². The molecule has 2 bridgehead atoms. The van der Waals surface area contributed by atoms with Crippen LogP contribution in [0.4, 0.5) is 4.79 Å². The van der Waals surface area contributed by atoms with Gasteiger partial charge in [0.1, 0.15) is 6.54 Å². The van der Waals surface area contributed by atoms with E-state index >= 15 is 0 Å². The number of piperidine rings is 1. The molecule has 2 amide bonds. The van der Waals surface area contributed by atoms with Crippen LogP contribution in [0.25, 0.3) is 0 Å². The Hall–Kier alpha value is -2.38. The van der Waals surface area contributed by atoms with Crippen molar-refractivity contribution in [2.24, 2.45) is 16.5 Å². The van der Waals surface area contributed by atoms with E-state index in [2.05, 4.69) is 14.4 Å². The van der Waals surface area contributed by atoms with E-state index in [-0.39, 0.29) is 12.0 Å². The van der Waals surface area contributed by atoms with Crippen LogP contribution in [0, 0.1) is 0 Å². The second-order valence-electron chi connectivity index (χ2n) is 5.07. The number of amides is 2.